The minimum Gasteiger partial charge on any atom is -0.391 e. The Morgan fingerprint density at radius 2 is 1.80 bits per heavy atom. The molecule has 0 unspecified atom stereocenters. The fraction of sp³-hybridized carbons (Fsp3) is 0.857. The summed E-state index contributed by atoms with van der Waals surface area (Å²) in [6, 6.07) is -0.713. The Hall–Kier alpha value is -0.410. The molecular formula is C7H17NO2. The lowest BCUT2D eigenvalue weighted by molar-refractivity contribution is -0.120. The number of carbonyl (C=O) groups excluding carboxylic acids is 1. The maximum absolute atomic E-state index is 10.3. The fourth-order valence-corrected chi connectivity index (χ4v) is 0.340. The Kier molecular flexibility index (Phi) is 8.24. The Bertz CT molecular complexity index is 91.6. The Morgan fingerprint density at radius 1 is 1.50 bits per heavy atom. The number of Topliss-reactive ketones (excluding diaryl/α,β-unsaturated/α-hetero) is 1. The van der Waals surface area contributed by atoms with Crippen molar-refractivity contribution >= 4 is 5.78 Å². The molecule has 0 bridgehead atoms. The van der Waals surface area contributed by atoms with Crippen molar-refractivity contribution in [1.82, 2.24) is 0 Å². The number of ketones is 1. The minimum atomic E-state index is -0.729. The predicted molar refractivity (Wildman–Crippen MR) is 41.7 cm³/mol. The van der Waals surface area contributed by atoms with E-state index in [0.717, 1.165) is 0 Å². The normalized spacial score (nSPS) is 14.6. The SMILES string of the molecule is CC.CC(=O)[C@@H](N)[C@@H](C)O. The van der Waals surface area contributed by atoms with E-state index in [1.165, 1.54) is 13.8 Å². The van der Waals surface area contributed by atoms with Gasteiger partial charge in [-0.1, -0.05) is 13.8 Å². The molecule has 3 N–H and O–H groups in total. The maximum Gasteiger partial charge on any atom is 0.149 e. The summed E-state index contributed by atoms with van der Waals surface area (Å²) in [5.74, 6) is -0.181. The second kappa shape index (κ2) is 6.71. The number of nitrogens with two attached hydrogens (primary N) is 1. The van der Waals surface area contributed by atoms with Gasteiger partial charge in [-0.3, -0.25) is 4.79 Å². The summed E-state index contributed by atoms with van der Waals surface area (Å²) in [5.41, 5.74) is 5.16. The van der Waals surface area contributed by atoms with E-state index in [1.54, 1.807) is 0 Å². The predicted octanol–water partition coefficient (Wildman–Crippen LogP) is 0.310. The van der Waals surface area contributed by atoms with Crippen LogP contribution in [0.25, 0.3) is 0 Å². The van der Waals surface area contributed by atoms with Gasteiger partial charge in [-0.25, -0.2) is 0 Å². The minimum absolute atomic E-state index is 0.181. The molecule has 3 heteroatoms. The molecule has 0 aromatic carbocycles. The van der Waals surface area contributed by atoms with Crippen molar-refractivity contribution in [1.29, 1.82) is 0 Å². The number of aliphatic hydroxyl groups excluding tert-OH is 1. The molecule has 0 amide bonds. The van der Waals surface area contributed by atoms with Gasteiger partial charge >= 0.3 is 0 Å². The maximum atomic E-state index is 10.3. The smallest absolute Gasteiger partial charge is 0.149 e. The van der Waals surface area contributed by atoms with Crippen LogP contribution in [0.4, 0.5) is 0 Å². The summed E-state index contributed by atoms with van der Waals surface area (Å²) in [4.78, 5) is 10.3. The van der Waals surface area contributed by atoms with Crippen LogP contribution in [-0.4, -0.2) is 23.0 Å². The van der Waals surface area contributed by atoms with E-state index in [4.69, 9.17) is 10.8 Å². The second-order valence-corrected chi connectivity index (χ2v) is 1.88. The van der Waals surface area contributed by atoms with Gasteiger partial charge in [0.05, 0.1) is 12.1 Å². The van der Waals surface area contributed by atoms with Gasteiger partial charge in [-0.2, -0.15) is 0 Å². The average molecular weight is 147 g/mol. The number of hydrogen-bond acceptors (Lipinski definition) is 3. The quantitative estimate of drug-likeness (QED) is 0.591. The third kappa shape index (κ3) is 5.72. The molecule has 0 fully saturated rings. The van der Waals surface area contributed by atoms with Crippen LogP contribution in [0.2, 0.25) is 0 Å². The molecule has 2 atom stereocenters. The van der Waals surface area contributed by atoms with Gasteiger partial charge in [0.25, 0.3) is 0 Å². The van der Waals surface area contributed by atoms with Gasteiger partial charge < -0.3 is 10.8 Å². The zero-order valence-corrected chi connectivity index (χ0v) is 7.09. The molecule has 0 heterocycles. The van der Waals surface area contributed by atoms with Gasteiger partial charge in [-0.05, 0) is 13.8 Å². The first kappa shape index (κ1) is 12.3. The van der Waals surface area contributed by atoms with Crippen LogP contribution >= 0.6 is 0 Å². The standard InChI is InChI=1S/C5H11NO2.C2H6/c1-3(7)5(6)4(2)8;1-2/h3,5,7H,6H2,1-2H3;1-2H3/t3-,5+;/m1./s1. The van der Waals surface area contributed by atoms with Gasteiger partial charge in [0, 0.05) is 0 Å². The summed E-state index contributed by atoms with van der Waals surface area (Å²) in [7, 11) is 0. The molecule has 0 saturated heterocycles. The van der Waals surface area contributed by atoms with Crippen molar-refractivity contribution in [2.75, 3.05) is 0 Å². The zero-order chi connectivity index (χ0) is 8.73. The first-order valence-electron chi connectivity index (χ1n) is 3.50. The first-order chi connectivity index (χ1) is 4.55. The largest absolute Gasteiger partial charge is 0.391 e. The van der Waals surface area contributed by atoms with Crippen LogP contribution in [0, 0.1) is 0 Å². The lowest BCUT2D eigenvalue weighted by atomic mass is 10.1. The number of hydrogen-bond donors (Lipinski definition) is 2. The molecule has 0 aromatic rings. The van der Waals surface area contributed by atoms with Crippen LogP contribution in [0.3, 0.4) is 0 Å². The highest BCUT2D eigenvalue weighted by Crippen LogP contribution is 1.87. The number of rotatable bonds is 2. The Labute approximate surface area is 62.2 Å². The van der Waals surface area contributed by atoms with E-state index < -0.39 is 12.1 Å². The van der Waals surface area contributed by atoms with Gasteiger partial charge in [0.2, 0.25) is 0 Å². The van der Waals surface area contributed by atoms with Crippen molar-refractivity contribution in [3.05, 3.63) is 0 Å². The van der Waals surface area contributed by atoms with E-state index in [-0.39, 0.29) is 5.78 Å². The van der Waals surface area contributed by atoms with Gasteiger partial charge in [0.1, 0.15) is 5.78 Å². The summed E-state index contributed by atoms with van der Waals surface area (Å²) in [5, 5.41) is 8.65. The van der Waals surface area contributed by atoms with Crippen LogP contribution in [0.15, 0.2) is 0 Å². The van der Waals surface area contributed by atoms with Gasteiger partial charge in [-0.15, -0.1) is 0 Å². The zero-order valence-electron chi connectivity index (χ0n) is 7.09. The molecule has 0 aromatic heterocycles. The molecule has 0 aliphatic rings. The molecule has 0 radical (unpaired) electrons. The van der Waals surface area contributed by atoms with Crippen LogP contribution in [0.1, 0.15) is 27.7 Å². The Morgan fingerprint density at radius 3 is 1.80 bits per heavy atom. The van der Waals surface area contributed by atoms with Crippen LogP contribution < -0.4 is 5.73 Å². The first-order valence-corrected chi connectivity index (χ1v) is 3.50. The number of aliphatic hydroxyl groups is 1. The van der Waals surface area contributed by atoms with Crippen LogP contribution in [0.5, 0.6) is 0 Å². The van der Waals surface area contributed by atoms with E-state index in [1.807, 2.05) is 13.8 Å². The monoisotopic (exact) mass is 147 g/mol. The van der Waals surface area contributed by atoms with E-state index >= 15 is 0 Å². The molecule has 10 heavy (non-hydrogen) atoms. The third-order valence-electron chi connectivity index (χ3n) is 0.989. The van der Waals surface area contributed by atoms with Crippen molar-refractivity contribution in [3.8, 4) is 0 Å². The lowest BCUT2D eigenvalue weighted by Crippen LogP contribution is -2.38. The molecular weight excluding hydrogens is 130 g/mol. The van der Waals surface area contributed by atoms with Gasteiger partial charge in [0.15, 0.2) is 0 Å². The molecule has 3 nitrogen and oxygen atoms in total. The molecule has 0 aliphatic heterocycles. The van der Waals surface area contributed by atoms with Crippen molar-refractivity contribution in [2.45, 2.75) is 39.8 Å². The highest BCUT2D eigenvalue weighted by atomic mass is 16.3. The van der Waals surface area contributed by atoms with Crippen molar-refractivity contribution < 1.29 is 9.90 Å². The highest BCUT2D eigenvalue weighted by molar-refractivity contribution is 5.81. The summed E-state index contributed by atoms with van der Waals surface area (Å²) >= 11 is 0. The van der Waals surface area contributed by atoms with Crippen molar-refractivity contribution in [2.24, 2.45) is 5.73 Å². The molecule has 0 aliphatic carbocycles. The number of carbonyl (C=O) groups is 1. The van der Waals surface area contributed by atoms with Crippen LogP contribution in [-0.2, 0) is 4.79 Å². The third-order valence-corrected chi connectivity index (χ3v) is 0.989. The average Bonchev–Trinajstić information content (AvgIpc) is 1.90. The summed E-state index contributed by atoms with van der Waals surface area (Å²) < 4.78 is 0. The summed E-state index contributed by atoms with van der Waals surface area (Å²) in [6.45, 7) is 6.85. The Balaban J connectivity index is 0. The van der Waals surface area contributed by atoms with Crippen molar-refractivity contribution in [3.63, 3.8) is 0 Å². The summed E-state index contributed by atoms with van der Waals surface area (Å²) in [6.07, 6.45) is -0.729. The molecule has 0 spiro atoms. The fourth-order valence-electron chi connectivity index (χ4n) is 0.340. The molecule has 0 saturated carbocycles. The van der Waals surface area contributed by atoms with E-state index in [9.17, 15) is 4.79 Å². The second-order valence-electron chi connectivity index (χ2n) is 1.88. The van der Waals surface area contributed by atoms with E-state index in [2.05, 4.69) is 0 Å². The molecule has 0 rings (SSSR count). The highest BCUT2D eigenvalue weighted by Gasteiger charge is 2.12. The van der Waals surface area contributed by atoms with E-state index in [0.29, 0.717) is 0 Å². The molecule has 62 valence electrons. The lowest BCUT2D eigenvalue weighted by Gasteiger charge is -2.08. The topological polar surface area (TPSA) is 63.3 Å².